The average Bonchev–Trinajstić information content (AvgIpc) is 3.11. The molecule has 1 N–H and O–H groups in total. The minimum absolute atomic E-state index is 0.274. The zero-order chi connectivity index (χ0) is 17.6. The lowest BCUT2D eigenvalue weighted by molar-refractivity contribution is 0.201. The molecule has 0 aliphatic carbocycles. The summed E-state index contributed by atoms with van der Waals surface area (Å²) in [6, 6.07) is 18.1. The van der Waals surface area contributed by atoms with Crippen LogP contribution in [0.4, 0.5) is 10.5 Å². The van der Waals surface area contributed by atoms with Crippen LogP contribution in [0.25, 0.3) is 0 Å². The number of nitrogens with one attached hydrogen (secondary N) is 1. The third kappa shape index (κ3) is 4.78. The van der Waals surface area contributed by atoms with E-state index < -0.39 is 0 Å². The molecule has 0 radical (unpaired) electrons. The molecule has 0 atom stereocenters. The summed E-state index contributed by atoms with van der Waals surface area (Å²) < 4.78 is 5.38. The van der Waals surface area contributed by atoms with Gasteiger partial charge in [-0.2, -0.15) is 0 Å². The number of carbonyl (C=O) groups is 1. The van der Waals surface area contributed by atoms with E-state index in [2.05, 4.69) is 5.32 Å². The standard InChI is InChI=1S/C19H16Cl2N2O2/c20-15-8-9-18(17(21)11-15)22-19(24)23(13-16-7-4-10-25-16)12-14-5-2-1-3-6-14/h1-11H,12-13H2,(H,22,24). The molecule has 2 amide bonds. The zero-order valence-electron chi connectivity index (χ0n) is 13.3. The van der Waals surface area contributed by atoms with Gasteiger partial charge in [0.2, 0.25) is 0 Å². The number of hydrogen-bond acceptors (Lipinski definition) is 2. The van der Waals surface area contributed by atoms with Crippen LogP contribution < -0.4 is 5.32 Å². The molecule has 6 heteroatoms. The first-order valence-corrected chi connectivity index (χ1v) is 8.45. The van der Waals surface area contributed by atoms with E-state index in [-0.39, 0.29) is 6.03 Å². The molecular weight excluding hydrogens is 359 g/mol. The van der Waals surface area contributed by atoms with Crippen molar-refractivity contribution in [3.05, 3.63) is 88.3 Å². The first-order chi connectivity index (χ1) is 12.1. The smallest absolute Gasteiger partial charge is 0.322 e. The fourth-order valence-corrected chi connectivity index (χ4v) is 2.83. The lowest BCUT2D eigenvalue weighted by Crippen LogP contribution is -2.34. The monoisotopic (exact) mass is 374 g/mol. The highest BCUT2D eigenvalue weighted by atomic mass is 35.5. The number of benzene rings is 2. The first kappa shape index (κ1) is 17.4. The molecule has 0 bridgehead atoms. The van der Waals surface area contributed by atoms with Crippen LogP contribution in [0.5, 0.6) is 0 Å². The van der Waals surface area contributed by atoms with Crippen LogP contribution in [-0.4, -0.2) is 10.9 Å². The Hall–Kier alpha value is -2.43. The van der Waals surface area contributed by atoms with Crippen molar-refractivity contribution in [2.45, 2.75) is 13.1 Å². The highest BCUT2D eigenvalue weighted by Crippen LogP contribution is 2.26. The van der Waals surface area contributed by atoms with E-state index >= 15 is 0 Å². The first-order valence-electron chi connectivity index (χ1n) is 7.69. The summed E-state index contributed by atoms with van der Waals surface area (Å²) in [6.45, 7) is 0.789. The summed E-state index contributed by atoms with van der Waals surface area (Å²) in [5, 5.41) is 3.73. The summed E-state index contributed by atoms with van der Waals surface area (Å²) >= 11 is 12.0. The van der Waals surface area contributed by atoms with Gasteiger partial charge in [0.15, 0.2) is 0 Å². The second kappa shape index (κ2) is 8.10. The highest BCUT2D eigenvalue weighted by Gasteiger charge is 2.17. The summed E-state index contributed by atoms with van der Waals surface area (Å²) in [5.41, 5.74) is 1.53. The van der Waals surface area contributed by atoms with E-state index in [0.717, 1.165) is 5.56 Å². The Bertz CT molecular complexity index is 836. The Balaban J connectivity index is 1.78. The Morgan fingerprint density at radius 1 is 1.00 bits per heavy atom. The Morgan fingerprint density at radius 2 is 1.80 bits per heavy atom. The molecule has 128 valence electrons. The Kier molecular flexibility index (Phi) is 5.64. The molecule has 0 saturated carbocycles. The molecule has 0 fully saturated rings. The van der Waals surface area contributed by atoms with Crippen molar-refractivity contribution in [3.8, 4) is 0 Å². The Morgan fingerprint density at radius 3 is 2.48 bits per heavy atom. The molecule has 0 unspecified atom stereocenters. The van der Waals surface area contributed by atoms with Crippen molar-refractivity contribution >= 4 is 34.9 Å². The second-order valence-corrected chi connectivity index (χ2v) is 6.32. The molecule has 0 aliphatic rings. The third-order valence-corrected chi connectivity index (χ3v) is 4.15. The van der Waals surface area contributed by atoms with Gasteiger partial charge in [0.1, 0.15) is 5.76 Å². The largest absolute Gasteiger partial charge is 0.467 e. The number of furan rings is 1. The van der Waals surface area contributed by atoms with Crippen molar-refractivity contribution in [2.75, 3.05) is 5.32 Å². The van der Waals surface area contributed by atoms with Gasteiger partial charge in [-0.05, 0) is 35.9 Å². The van der Waals surface area contributed by atoms with E-state index in [1.807, 2.05) is 36.4 Å². The maximum atomic E-state index is 12.8. The van der Waals surface area contributed by atoms with Crippen molar-refractivity contribution < 1.29 is 9.21 Å². The van der Waals surface area contributed by atoms with E-state index in [1.165, 1.54) is 0 Å². The van der Waals surface area contributed by atoms with Crippen LogP contribution in [0.15, 0.2) is 71.3 Å². The maximum absolute atomic E-state index is 12.8. The highest BCUT2D eigenvalue weighted by molar-refractivity contribution is 6.36. The molecule has 4 nitrogen and oxygen atoms in total. The number of hydrogen-bond donors (Lipinski definition) is 1. The number of anilines is 1. The van der Waals surface area contributed by atoms with Crippen LogP contribution in [0.1, 0.15) is 11.3 Å². The van der Waals surface area contributed by atoms with Crippen molar-refractivity contribution in [2.24, 2.45) is 0 Å². The van der Waals surface area contributed by atoms with Gasteiger partial charge in [-0.3, -0.25) is 0 Å². The predicted molar refractivity (Wildman–Crippen MR) is 99.9 cm³/mol. The minimum Gasteiger partial charge on any atom is -0.467 e. The molecule has 3 rings (SSSR count). The lowest BCUT2D eigenvalue weighted by Gasteiger charge is -2.22. The Labute approximate surface area is 156 Å². The van der Waals surface area contributed by atoms with Gasteiger partial charge in [-0.25, -0.2) is 4.79 Å². The molecule has 0 aliphatic heterocycles. The summed E-state index contributed by atoms with van der Waals surface area (Å²) in [7, 11) is 0. The zero-order valence-corrected chi connectivity index (χ0v) is 14.8. The number of rotatable bonds is 5. The SMILES string of the molecule is O=C(Nc1ccc(Cl)cc1Cl)N(Cc1ccccc1)Cc1ccco1. The second-order valence-electron chi connectivity index (χ2n) is 5.48. The topological polar surface area (TPSA) is 45.5 Å². The van der Waals surface area contributed by atoms with Gasteiger partial charge >= 0.3 is 6.03 Å². The molecular formula is C19H16Cl2N2O2. The number of amides is 2. The summed E-state index contributed by atoms with van der Waals surface area (Å²) in [6.07, 6.45) is 1.59. The number of halogens is 2. The van der Waals surface area contributed by atoms with Crippen LogP contribution in [-0.2, 0) is 13.1 Å². The lowest BCUT2D eigenvalue weighted by atomic mass is 10.2. The summed E-state index contributed by atoms with van der Waals surface area (Å²) in [5.74, 6) is 0.702. The van der Waals surface area contributed by atoms with Gasteiger partial charge in [0.05, 0.1) is 23.5 Å². The molecule has 2 aromatic carbocycles. The molecule has 25 heavy (non-hydrogen) atoms. The average molecular weight is 375 g/mol. The van der Waals surface area contributed by atoms with E-state index in [1.54, 1.807) is 35.4 Å². The van der Waals surface area contributed by atoms with Gasteiger partial charge in [0, 0.05) is 11.6 Å². The number of nitrogens with zero attached hydrogens (tertiary/aromatic N) is 1. The van der Waals surface area contributed by atoms with Gasteiger partial charge < -0.3 is 14.6 Å². The fourth-order valence-electron chi connectivity index (χ4n) is 2.38. The summed E-state index contributed by atoms with van der Waals surface area (Å²) in [4.78, 5) is 14.4. The maximum Gasteiger partial charge on any atom is 0.322 e. The van der Waals surface area contributed by atoms with Gasteiger partial charge in [-0.15, -0.1) is 0 Å². The van der Waals surface area contributed by atoms with Crippen LogP contribution in [0.2, 0.25) is 10.0 Å². The van der Waals surface area contributed by atoms with E-state index in [0.29, 0.717) is 34.6 Å². The van der Waals surface area contributed by atoms with E-state index in [4.69, 9.17) is 27.6 Å². The molecule has 0 saturated heterocycles. The number of urea groups is 1. The van der Waals surface area contributed by atoms with Gasteiger partial charge in [0.25, 0.3) is 0 Å². The van der Waals surface area contributed by atoms with Crippen molar-refractivity contribution in [3.63, 3.8) is 0 Å². The fraction of sp³-hybridized carbons (Fsp3) is 0.105. The van der Waals surface area contributed by atoms with Crippen LogP contribution in [0, 0.1) is 0 Å². The van der Waals surface area contributed by atoms with Crippen LogP contribution >= 0.6 is 23.2 Å². The normalized spacial score (nSPS) is 10.5. The predicted octanol–water partition coefficient (Wildman–Crippen LogP) is 5.82. The van der Waals surface area contributed by atoms with Crippen molar-refractivity contribution in [1.82, 2.24) is 4.90 Å². The van der Waals surface area contributed by atoms with E-state index in [9.17, 15) is 4.79 Å². The van der Waals surface area contributed by atoms with Crippen molar-refractivity contribution in [1.29, 1.82) is 0 Å². The molecule has 1 heterocycles. The third-order valence-electron chi connectivity index (χ3n) is 3.60. The molecule has 0 spiro atoms. The molecule has 3 aromatic rings. The molecule has 1 aromatic heterocycles. The minimum atomic E-state index is -0.274. The van der Waals surface area contributed by atoms with Crippen LogP contribution in [0.3, 0.4) is 0 Å². The quantitative estimate of drug-likeness (QED) is 0.611. The number of carbonyl (C=O) groups excluding carboxylic acids is 1. The van der Waals surface area contributed by atoms with Gasteiger partial charge in [-0.1, -0.05) is 53.5 Å².